The molecule has 72 valence electrons. The zero-order valence-electron chi connectivity index (χ0n) is 8.21. The molecule has 0 aliphatic carbocycles. The molecule has 0 aromatic heterocycles. The Hall–Kier alpha value is -0.0800. The first-order valence-electron chi connectivity index (χ1n) is 5.06. The van der Waals surface area contributed by atoms with Gasteiger partial charge in [-0.1, -0.05) is 20.3 Å². The SMILES string of the molecule is CCCCO[C@H]1C[C@H](C)CCO1. The van der Waals surface area contributed by atoms with Crippen molar-refractivity contribution in [3.8, 4) is 0 Å². The van der Waals surface area contributed by atoms with Crippen LogP contribution in [-0.2, 0) is 9.47 Å². The summed E-state index contributed by atoms with van der Waals surface area (Å²) in [6.45, 7) is 6.16. The second-order valence-corrected chi connectivity index (χ2v) is 3.65. The zero-order valence-corrected chi connectivity index (χ0v) is 8.21. The number of rotatable bonds is 4. The Labute approximate surface area is 75.2 Å². The quantitative estimate of drug-likeness (QED) is 0.607. The van der Waals surface area contributed by atoms with E-state index in [2.05, 4.69) is 13.8 Å². The van der Waals surface area contributed by atoms with Crippen molar-refractivity contribution in [3.63, 3.8) is 0 Å². The maximum Gasteiger partial charge on any atom is 0.157 e. The molecule has 1 rings (SSSR count). The minimum atomic E-state index is 0.0836. The van der Waals surface area contributed by atoms with Crippen LogP contribution in [0.1, 0.15) is 39.5 Å². The van der Waals surface area contributed by atoms with Gasteiger partial charge in [0.15, 0.2) is 6.29 Å². The Morgan fingerprint density at radius 2 is 2.33 bits per heavy atom. The van der Waals surface area contributed by atoms with Gasteiger partial charge < -0.3 is 9.47 Å². The molecule has 0 spiro atoms. The largest absolute Gasteiger partial charge is 0.353 e. The highest BCUT2D eigenvalue weighted by atomic mass is 16.7. The molecule has 0 aromatic rings. The topological polar surface area (TPSA) is 18.5 Å². The van der Waals surface area contributed by atoms with Gasteiger partial charge in [-0.2, -0.15) is 0 Å². The Balaban J connectivity index is 2.06. The van der Waals surface area contributed by atoms with Crippen LogP contribution in [0.2, 0.25) is 0 Å². The van der Waals surface area contributed by atoms with Gasteiger partial charge in [-0.25, -0.2) is 0 Å². The summed E-state index contributed by atoms with van der Waals surface area (Å²) in [6.07, 6.45) is 4.69. The first-order valence-corrected chi connectivity index (χ1v) is 5.06. The number of unbranched alkanes of at least 4 members (excludes halogenated alkanes) is 1. The fourth-order valence-corrected chi connectivity index (χ4v) is 1.39. The summed E-state index contributed by atoms with van der Waals surface area (Å²) in [5, 5.41) is 0. The van der Waals surface area contributed by atoms with E-state index < -0.39 is 0 Å². The van der Waals surface area contributed by atoms with Gasteiger partial charge in [0.1, 0.15) is 0 Å². The molecule has 0 unspecified atom stereocenters. The van der Waals surface area contributed by atoms with E-state index in [9.17, 15) is 0 Å². The van der Waals surface area contributed by atoms with Crippen molar-refractivity contribution in [1.82, 2.24) is 0 Å². The Kier molecular flexibility index (Phi) is 4.62. The summed E-state index contributed by atoms with van der Waals surface area (Å²) < 4.78 is 11.0. The summed E-state index contributed by atoms with van der Waals surface area (Å²) in [7, 11) is 0. The van der Waals surface area contributed by atoms with Gasteiger partial charge in [-0.15, -0.1) is 0 Å². The van der Waals surface area contributed by atoms with Crippen LogP contribution in [-0.4, -0.2) is 19.5 Å². The minimum absolute atomic E-state index is 0.0836. The van der Waals surface area contributed by atoms with Crippen molar-refractivity contribution in [2.45, 2.75) is 45.8 Å². The van der Waals surface area contributed by atoms with E-state index in [0.29, 0.717) is 0 Å². The van der Waals surface area contributed by atoms with Crippen LogP contribution in [0.5, 0.6) is 0 Å². The third-order valence-corrected chi connectivity index (χ3v) is 2.31. The molecule has 1 heterocycles. The molecule has 2 heteroatoms. The molecule has 1 fully saturated rings. The van der Waals surface area contributed by atoms with Crippen LogP contribution in [0, 0.1) is 5.92 Å². The lowest BCUT2D eigenvalue weighted by Crippen LogP contribution is -2.27. The van der Waals surface area contributed by atoms with Crippen molar-refractivity contribution in [1.29, 1.82) is 0 Å². The van der Waals surface area contributed by atoms with Crippen LogP contribution in [0.4, 0.5) is 0 Å². The van der Waals surface area contributed by atoms with Gasteiger partial charge in [0.05, 0.1) is 0 Å². The summed E-state index contributed by atoms with van der Waals surface area (Å²) >= 11 is 0. The summed E-state index contributed by atoms with van der Waals surface area (Å²) in [5.74, 6) is 0.769. The van der Waals surface area contributed by atoms with Gasteiger partial charge in [0, 0.05) is 19.6 Å². The Morgan fingerprint density at radius 3 is 3.00 bits per heavy atom. The van der Waals surface area contributed by atoms with E-state index in [1.807, 2.05) is 0 Å². The van der Waals surface area contributed by atoms with E-state index in [0.717, 1.165) is 32.0 Å². The molecule has 12 heavy (non-hydrogen) atoms. The van der Waals surface area contributed by atoms with Gasteiger partial charge >= 0.3 is 0 Å². The van der Waals surface area contributed by atoms with E-state index in [1.54, 1.807) is 0 Å². The lowest BCUT2D eigenvalue weighted by Gasteiger charge is -2.27. The van der Waals surface area contributed by atoms with Gasteiger partial charge in [0.2, 0.25) is 0 Å². The third-order valence-electron chi connectivity index (χ3n) is 2.31. The van der Waals surface area contributed by atoms with Gasteiger partial charge in [-0.05, 0) is 18.8 Å². The monoisotopic (exact) mass is 172 g/mol. The lowest BCUT2D eigenvalue weighted by atomic mass is 10.0. The van der Waals surface area contributed by atoms with Crippen LogP contribution >= 0.6 is 0 Å². The molecular formula is C10H20O2. The summed E-state index contributed by atoms with van der Waals surface area (Å²) in [5.41, 5.74) is 0. The number of hydrogen-bond donors (Lipinski definition) is 0. The Morgan fingerprint density at radius 1 is 1.50 bits per heavy atom. The second kappa shape index (κ2) is 5.55. The predicted molar refractivity (Wildman–Crippen MR) is 49.0 cm³/mol. The van der Waals surface area contributed by atoms with Crippen LogP contribution < -0.4 is 0 Å². The molecule has 1 aliphatic rings. The maximum absolute atomic E-state index is 5.57. The normalized spacial score (nSPS) is 30.5. The molecule has 1 aliphatic heterocycles. The van der Waals surface area contributed by atoms with E-state index in [4.69, 9.17) is 9.47 Å². The number of hydrogen-bond acceptors (Lipinski definition) is 2. The molecule has 2 atom stereocenters. The molecule has 0 N–H and O–H groups in total. The predicted octanol–water partition coefficient (Wildman–Crippen LogP) is 2.58. The maximum atomic E-state index is 5.57. The summed E-state index contributed by atoms with van der Waals surface area (Å²) in [6, 6.07) is 0. The highest BCUT2D eigenvalue weighted by Crippen LogP contribution is 2.20. The van der Waals surface area contributed by atoms with Crippen molar-refractivity contribution in [2.24, 2.45) is 5.92 Å². The average Bonchev–Trinajstić information content (AvgIpc) is 2.05. The highest BCUT2D eigenvalue weighted by molar-refractivity contribution is 4.61. The van der Waals surface area contributed by atoms with Crippen LogP contribution in [0.3, 0.4) is 0 Å². The zero-order chi connectivity index (χ0) is 8.81. The molecule has 0 saturated carbocycles. The molecule has 1 saturated heterocycles. The molecule has 0 amide bonds. The Bertz CT molecular complexity index is 114. The van der Waals surface area contributed by atoms with Crippen LogP contribution in [0.15, 0.2) is 0 Å². The first-order chi connectivity index (χ1) is 5.83. The fraction of sp³-hybridized carbons (Fsp3) is 1.00. The smallest absolute Gasteiger partial charge is 0.157 e. The molecule has 2 nitrogen and oxygen atoms in total. The molecular weight excluding hydrogens is 152 g/mol. The van der Waals surface area contributed by atoms with Crippen molar-refractivity contribution < 1.29 is 9.47 Å². The second-order valence-electron chi connectivity index (χ2n) is 3.65. The van der Waals surface area contributed by atoms with Crippen molar-refractivity contribution >= 4 is 0 Å². The lowest BCUT2D eigenvalue weighted by molar-refractivity contribution is -0.173. The van der Waals surface area contributed by atoms with Gasteiger partial charge in [0.25, 0.3) is 0 Å². The summed E-state index contributed by atoms with van der Waals surface area (Å²) in [4.78, 5) is 0. The average molecular weight is 172 g/mol. The number of ether oxygens (including phenoxy) is 2. The molecule has 0 radical (unpaired) electrons. The van der Waals surface area contributed by atoms with Crippen molar-refractivity contribution in [2.75, 3.05) is 13.2 Å². The van der Waals surface area contributed by atoms with E-state index >= 15 is 0 Å². The molecule has 0 bridgehead atoms. The van der Waals surface area contributed by atoms with Crippen LogP contribution in [0.25, 0.3) is 0 Å². The minimum Gasteiger partial charge on any atom is -0.353 e. The molecule has 0 aromatic carbocycles. The van der Waals surface area contributed by atoms with Gasteiger partial charge in [-0.3, -0.25) is 0 Å². The third kappa shape index (κ3) is 3.55. The van der Waals surface area contributed by atoms with E-state index in [1.165, 1.54) is 12.8 Å². The first kappa shape index (κ1) is 10.0. The highest BCUT2D eigenvalue weighted by Gasteiger charge is 2.19. The standard InChI is InChI=1S/C10H20O2/c1-3-4-6-11-10-8-9(2)5-7-12-10/h9-10H,3-8H2,1-2H3/t9-,10-/m1/s1. The fourth-order valence-electron chi connectivity index (χ4n) is 1.39. The van der Waals surface area contributed by atoms with Crippen molar-refractivity contribution in [3.05, 3.63) is 0 Å². The van der Waals surface area contributed by atoms with E-state index in [-0.39, 0.29) is 6.29 Å².